The van der Waals surface area contributed by atoms with Crippen LogP contribution in [0.4, 0.5) is 0 Å². The molecule has 5 heteroatoms. The van der Waals surface area contributed by atoms with Gasteiger partial charge in [-0.3, -0.25) is 0 Å². The lowest BCUT2D eigenvalue weighted by Gasteiger charge is -2.32. The molecular formula is C22H19NO4. The van der Waals surface area contributed by atoms with Gasteiger partial charge in [-0.05, 0) is 24.3 Å². The van der Waals surface area contributed by atoms with Gasteiger partial charge in [-0.15, -0.1) is 0 Å². The first-order valence-corrected chi connectivity index (χ1v) is 8.85. The van der Waals surface area contributed by atoms with E-state index < -0.39 is 17.7 Å². The van der Waals surface area contributed by atoms with E-state index in [0.29, 0.717) is 6.42 Å². The highest BCUT2D eigenvalue weighted by Gasteiger charge is 2.40. The highest BCUT2D eigenvalue weighted by molar-refractivity contribution is 6.15. The van der Waals surface area contributed by atoms with Crippen LogP contribution < -0.4 is 0 Å². The van der Waals surface area contributed by atoms with Gasteiger partial charge in [0.25, 0.3) is 5.79 Å². The van der Waals surface area contributed by atoms with E-state index in [1.54, 1.807) is 19.9 Å². The third kappa shape index (κ3) is 2.91. The number of ether oxygens (including phenoxy) is 2. The van der Waals surface area contributed by atoms with Crippen molar-refractivity contribution in [1.29, 1.82) is 0 Å². The SMILES string of the molecule is CCC1(C)OC(=O)C(=CC=Cn2c3ccccc3c3ccccc32)C(=O)O1. The maximum absolute atomic E-state index is 12.2. The average molecular weight is 361 g/mol. The zero-order chi connectivity index (χ0) is 19.0. The van der Waals surface area contributed by atoms with E-state index in [1.165, 1.54) is 6.08 Å². The van der Waals surface area contributed by atoms with Crippen molar-refractivity contribution < 1.29 is 19.1 Å². The predicted molar refractivity (Wildman–Crippen MR) is 104 cm³/mol. The molecule has 2 heterocycles. The van der Waals surface area contributed by atoms with Crippen molar-refractivity contribution in [3.8, 4) is 0 Å². The number of carbonyl (C=O) groups excluding carboxylic acids is 2. The van der Waals surface area contributed by atoms with Crippen molar-refractivity contribution in [3.05, 3.63) is 66.3 Å². The fourth-order valence-electron chi connectivity index (χ4n) is 3.23. The van der Waals surface area contributed by atoms with Crippen LogP contribution in [0.1, 0.15) is 20.3 Å². The Morgan fingerprint density at radius 2 is 1.44 bits per heavy atom. The summed E-state index contributed by atoms with van der Waals surface area (Å²) in [5, 5.41) is 2.28. The fraction of sp³-hybridized carbons (Fsp3) is 0.182. The number of cyclic esters (lactones) is 2. The third-order valence-corrected chi connectivity index (χ3v) is 4.81. The van der Waals surface area contributed by atoms with Gasteiger partial charge in [0.05, 0.1) is 11.0 Å². The second-order valence-electron chi connectivity index (χ2n) is 6.59. The molecule has 136 valence electrons. The molecule has 1 aliphatic heterocycles. The van der Waals surface area contributed by atoms with Gasteiger partial charge in [0, 0.05) is 30.3 Å². The Morgan fingerprint density at radius 3 is 1.96 bits per heavy atom. The van der Waals surface area contributed by atoms with Gasteiger partial charge in [-0.2, -0.15) is 0 Å². The number of esters is 2. The lowest BCUT2D eigenvalue weighted by Crippen LogP contribution is -2.43. The number of allylic oxidation sites excluding steroid dienone is 2. The molecule has 1 aromatic heterocycles. The molecule has 0 aliphatic carbocycles. The van der Waals surface area contributed by atoms with Crippen LogP contribution in [0.3, 0.4) is 0 Å². The number of hydrogen-bond acceptors (Lipinski definition) is 4. The Morgan fingerprint density at radius 1 is 0.926 bits per heavy atom. The summed E-state index contributed by atoms with van der Waals surface area (Å²) in [7, 11) is 0. The number of aromatic nitrogens is 1. The first-order chi connectivity index (χ1) is 13.0. The highest BCUT2D eigenvalue weighted by atomic mass is 16.7. The second-order valence-corrected chi connectivity index (χ2v) is 6.59. The molecule has 0 radical (unpaired) electrons. The zero-order valence-corrected chi connectivity index (χ0v) is 15.1. The largest absolute Gasteiger partial charge is 0.419 e. The average Bonchev–Trinajstić information content (AvgIpc) is 2.98. The monoisotopic (exact) mass is 361 g/mol. The molecule has 2 aromatic carbocycles. The normalized spacial score (nSPS) is 20.3. The Balaban J connectivity index is 1.72. The fourth-order valence-corrected chi connectivity index (χ4v) is 3.23. The van der Waals surface area contributed by atoms with E-state index in [9.17, 15) is 9.59 Å². The summed E-state index contributed by atoms with van der Waals surface area (Å²) in [4.78, 5) is 24.3. The molecule has 0 spiro atoms. The molecule has 27 heavy (non-hydrogen) atoms. The van der Waals surface area contributed by atoms with E-state index >= 15 is 0 Å². The molecule has 0 N–H and O–H groups in total. The first-order valence-electron chi connectivity index (χ1n) is 8.85. The molecule has 4 rings (SSSR count). The summed E-state index contributed by atoms with van der Waals surface area (Å²) in [5.41, 5.74) is 1.97. The zero-order valence-electron chi connectivity index (χ0n) is 15.1. The van der Waals surface area contributed by atoms with Crippen LogP contribution in [-0.2, 0) is 19.1 Å². The van der Waals surface area contributed by atoms with Gasteiger partial charge in [-0.1, -0.05) is 43.3 Å². The number of para-hydroxylation sites is 2. The molecule has 0 saturated carbocycles. The van der Waals surface area contributed by atoms with Crippen LogP contribution >= 0.6 is 0 Å². The summed E-state index contributed by atoms with van der Waals surface area (Å²) >= 11 is 0. The lowest BCUT2D eigenvalue weighted by molar-refractivity contribution is -0.229. The minimum atomic E-state index is -1.19. The molecule has 1 saturated heterocycles. The summed E-state index contributed by atoms with van der Waals surface area (Å²) in [6, 6.07) is 16.2. The molecule has 0 unspecified atom stereocenters. The number of fused-ring (bicyclic) bond motifs is 3. The number of nitrogens with zero attached hydrogens (tertiary/aromatic N) is 1. The quantitative estimate of drug-likeness (QED) is 0.394. The summed E-state index contributed by atoms with van der Waals surface area (Å²) in [5.74, 6) is -2.52. The van der Waals surface area contributed by atoms with E-state index in [1.807, 2.05) is 47.2 Å². The van der Waals surface area contributed by atoms with Crippen molar-refractivity contribution in [2.45, 2.75) is 26.1 Å². The van der Waals surface area contributed by atoms with Crippen molar-refractivity contribution in [1.82, 2.24) is 4.57 Å². The standard InChI is InChI=1S/C22H19NO4/c1-3-22(2)26-20(24)17(21(25)27-22)11-8-14-23-18-12-6-4-9-15(18)16-10-5-7-13-19(16)23/h4-14H,3H2,1-2H3. The van der Waals surface area contributed by atoms with Gasteiger partial charge in [0.2, 0.25) is 0 Å². The molecule has 0 atom stereocenters. The van der Waals surface area contributed by atoms with Crippen LogP contribution in [0.5, 0.6) is 0 Å². The Hall–Kier alpha value is -3.34. The van der Waals surface area contributed by atoms with E-state index in [0.717, 1.165) is 21.8 Å². The van der Waals surface area contributed by atoms with Crippen LogP contribution in [0, 0.1) is 0 Å². The highest BCUT2D eigenvalue weighted by Crippen LogP contribution is 2.29. The maximum Gasteiger partial charge on any atom is 0.348 e. The van der Waals surface area contributed by atoms with Crippen LogP contribution in [-0.4, -0.2) is 22.3 Å². The summed E-state index contributed by atoms with van der Waals surface area (Å²) in [6.45, 7) is 3.37. The Kier molecular flexibility index (Phi) is 4.07. The van der Waals surface area contributed by atoms with Crippen LogP contribution in [0.15, 0.2) is 66.3 Å². The maximum atomic E-state index is 12.2. The molecular weight excluding hydrogens is 342 g/mol. The van der Waals surface area contributed by atoms with Crippen LogP contribution in [0.2, 0.25) is 0 Å². The Bertz CT molecular complexity index is 1050. The van der Waals surface area contributed by atoms with E-state index in [4.69, 9.17) is 9.47 Å². The van der Waals surface area contributed by atoms with E-state index in [2.05, 4.69) is 12.1 Å². The minimum absolute atomic E-state index is 0.113. The van der Waals surface area contributed by atoms with Crippen molar-refractivity contribution >= 4 is 39.9 Å². The van der Waals surface area contributed by atoms with Gasteiger partial charge in [-0.25, -0.2) is 9.59 Å². The van der Waals surface area contributed by atoms with Crippen molar-refractivity contribution in [2.75, 3.05) is 0 Å². The molecule has 1 aliphatic rings. The van der Waals surface area contributed by atoms with Crippen molar-refractivity contribution in [2.24, 2.45) is 0 Å². The number of benzene rings is 2. The molecule has 3 aromatic rings. The molecule has 0 amide bonds. The number of hydrogen-bond donors (Lipinski definition) is 0. The van der Waals surface area contributed by atoms with Gasteiger partial charge >= 0.3 is 11.9 Å². The topological polar surface area (TPSA) is 57.5 Å². The Labute approximate surface area is 156 Å². The minimum Gasteiger partial charge on any atom is -0.419 e. The summed E-state index contributed by atoms with van der Waals surface area (Å²) in [6.07, 6.45) is 5.32. The van der Waals surface area contributed by atoms with Gasteiger partial charge in [0.1, 0.15) is 5.57 Å². The lowest BCUT2D eigenvalue weighted by atomic mass is 10.1. The van der Waals surface area contributed by atoms with Gasteiger partial charge < -0.3 is 14.0 Å². The van der Waals surface area contributed by atoms with Crippen molar-refractivity contribution in [3.63, 3.8) is 0 Å². The van der Waals surface area contributed by atoms with Crippen LogP contribution in [0.25, 0.3) is 28.0 Å². The molecule has 5 nitrogen and oxygen atoms in total. The predicted octanol–water partition coefficient (Wildman–Crippen LogP) is 4.42. The van der Waals surface area contributed by atoms with Gasteiger partial charge in [0.15, 0.2) is 0 Å². The number of carbonyl (C=O) groups is 2. The molecule has 0 bridgehead atoms. The molecule has 1 fully saturated rings. The second kappa shape index (κ2) is 6.43. The van der Waals surface area contributed by atoms with E-state index in [-0.39, 0.29) is 5.57 Å². The first kappa shape index (κ1) is 17.1. The number of rotatable bonds is 3. The summed E-state index contributed by atoms with van der Waals surface area (Å²) < 4.78 is 12.5. The third-order valence-electron chi connectivity index (χ3n) is 4.81. The smallest absolute Gasteiger partial charge is 0.348 e.